The van der Waals surface area contributed by atoms with Crippen LogP contribution in [0.2, 0.25) is 5.02 Å². The van der Waals surface area contributed by atoms with Crippen LogP contribution in [0.1, 0.15) is 15.9 Å². The number of aromatic amines is 1. The maximum atomic E-state index is 13.3. The van der Waals surface area contributed by atoms with E-state index in [2.05, 4.69) is 25.9 Å². The third-order valence-corrected chi connectivity index (χ3v) is 4.70. The minimum Gasteiger partial charge on any atom is -0.361 e. The Labute approximate surface area is 173 Å². The van der Waals surface area contributed by atoms with Crippen LogP contribution < -0.4 is 16.0 Å². The van der Waals surface area contributed by atoms with Gasteiger partial charge in [0, 0.05) is 54.4 Å². The molecule has 6 nitrogen and oxygen atoms in total. The second-order valence-corrected chi connectivity index (χ2v) is 6.88. The number of guanidine groups is 1. The average molecular weight is 416 g/mol. The first kappa shape index (κ1) is 20.7. The third-order valence-electron chi connectivity index (χ3n) is 4.45. The van der Waals surface area contributed by atoms with Crippen molar-refractivity contribution < 1.29 is 9.18 Å². The van der Waals surface area contributed by atoms with E-state index in [1.54, 1.807) is 37.4 Å². The van der Waals surface area contributed by atoms with Crippen molar-refractivity contribution in [3.8, 4) is 0 Å². The molecule has 0 aliphatic heterocycles. The number of aromatic nitrogens is 1. The summed E-state index contributed by atoms with van der Waals surface area (Å²) >= 11 is 5.82. The van der Waals surface area contributed by atoms with Gasteiger partial charge < -0.3 is 20.9 Å². The van der Waals surface area contributed by atoms with E-state index in [-0.39, 0.29) is 11.7 Å². The van der Waals surface area contributed by atoms with Crippen LogP contribution in [-0.2, 0) is 6.42 Å². The summed E-state index contributed by atoms with van der Waals surface area (Å²) in [5.74, 6) is 0.246. The summed E-state index contributed by atoms with van der Waals surface area (Å²) in [6, 6.07) is 11.5. The number of carbonyl (C=O) groups excluding carboxylic acids is 1. The van der Waals surface area contributed by atoms with Crippen LogP contribution in [0.4, 0.5) is 4.39 Å². The van der Waals surface area contributed by atoms with Crippen LogP contribution in [0.5, 0.6) is 0 Å². The fraction of sp³-hybridized carbons (Fsp3) is 0.238. The van der Waals surface area contributed by atoms with Crippen LogP contribution in [0, 0.1) is 5.82 Å². The number of aliphatic imine (C=N–C) groups is 1. The molecule has 0 radical (unpaired) electrons. The van der Waals surface area contributed by atoms with E-state index in [4.69, 9.17) is 11.6 Å². The van der Waals surface area contributed by atoms with Gasteiger partial charge in [0.15, 0.2) is 5.96 Å². The van der Waals surface area contributed by atoms with Crippen molar-refractivity contribution in [3.05, 3.63) is 70.6 Å². The molecule has 0 saturated carbocycles. The van der Waals surface area contributed by atoms with Crippen molar-refractivity contribution in [2.75, 3.05) is 26.7 Å². The predicted molar refractivity (Wildman–Crippen MR) is 115 cm³/mol. The summed E-state index contributed by atoms with van der Waals surface area (Å²) in [5, 5.41) is 10.8. The summed E-state index contributed by atoms with van der Waals surface area (Å²) in [5.41, 5.74) is 2.47. The normalized spacial score (nSPS) is 11.5. The van der Waals surface area contributed by atoms with Gasteiger partial charge in [0.05, 0.1) is 0 Å². The molecular weight excluding hydrogens is 393 g/mol. The zero-order valence-corrected chi connectivity index (χ0v) is 16.8. The highest BCUT2D eigenvalue weighted by atomic mass is 35.5. The van der Waals surface area contributed by atoms with E-state index in [1.807, 2.05) is 6.20 Å². The average Bonchev–Trinajstić information content (AvgIpc) is 3.12. The van der Waals surface area contributed by atoms with Crippen molar-refractivity contribution >= 4 is 34.4 Å². The standard InChI is InChI=1S/C21H23ClFN5O/c1-24-21(27-11-10-25-20(29)14-2-4-16(22)5-3-14)26-9-8-15-13-28-19-12-17(23)6-7-18(15)19/h2-7,12-13,28H,8-11H2,1H3,(H,25,29)(H2,24,26,27). The predicted octanol–water partition coefficient (Wildman–Crippen LogP) is 3.10. The lowest BCUT2D eigenvalue weighted by Crippen LogP contribution is -2.42. The van der Waals surface area contributed by atoms with Crippen molar-refractivity contribution in [1.82, 2.24) is 20.9 Å². The van der Waals surface area contributed by atoms with Gasteiger partial charge in [0.25, 0.3) is 5.91 Å². The molecule has 8 heteroatoms. The highest BCUT2D eigenvalue weighted by Crippen LogP contribution is 2.19. The van der Waals surface area contributed by atoms with Crippen LogP contribution in [-0.4, -0.2) is 43.5 Å². The van der Waals surface area contributed by atoms with Gasteiger partial charge in [0.2, 0.25) is 0 Å². The van der Waals surface area contributed by atoms with Gasteiger partial charge in [-0.15, -0.1) is 0 Å². The number of benzene rings is 2. The summed E-state index contributed by atoms with van der Waals surface area (Å²) in [6.45, 7) is 1.66. The first-order valence-electron chi connectivity index (χ1n) is 9.30. The quantitative estimate of drug-likeness (QED) is 0.272. The number of nitrogens with one attached hydrogen (secondary N) is 4. The van der Waals surface area contributed by atoms with Crippen molar-refractivity contribution in [2.24, 2.45) is 4.99 Å². The van der Waals surface area contributed by atoms with Gasteiger partial charge in [-0.1, -0.05) is 11.6 Å². The zero-order chi connectivity index (χ0) is 20.6. The lowest BCUT2D eigenvalue weighted by molar-refractivity contribution is 0.0954. The zero-order valence-electron chi connectivity index (χ0n) is 16.1. The lowest BCUT2D eigenvalue weighted by Gasteiger charge is -2.12. The summed E-state index contributed by atoms with van der Waals surface area (Å²) in [7, 11) is 1.69. The molecule has 3 aromatic rings. The maximum Gasteiger partial charge on any atom is 0.251 e. The lowest BCUT2D eigenvalue weighted by atomic mass is 10.1. The Morgan fingerprint density at radius 1 is 1.07 bits per heavy atom. The number of H-pyrrole nitrogens is 1. The molecule has 0 saturated heterocycles. The largest absolute Gasteiger partial charge is 0.361 e. The van der Waals surface area contributed by atoms with Crippen LogP contribution in [0.25, 0.3) is 10.9 Å². The second-order valence-electron chi connectivity index (χ2n) is 6.44. The van der Waals surface area contributed by atoms with E-state index < -0.39 is 0 Å². The molecule has 2 aromatic carbocycles. The molecule has 0 aliphatic carbocycles. The van der Waals surface area contributed by atoms with E-state index in [9.17, 15) is 9.18 Å². The van der Waals surface area contributed by atoms with E-state index >= 15 is 0 Å². The number of hydrogen-bond acceptors (Lipinski definition) is 2. The molecule has 0 spiro atoms. The Bertz CT molecular complexity index is 1000. The summed E-state index contributed by atoms with van der Waals surface area (Å²) in [4.78, 5) is 19.3. The molecule has 0 bridgehead atoms. The van der Waals surface area contributed by atoms with E-state index in [0.717, 1.165) is 22.9 Å². The summed E-state index contributed by atoms with van der Waals surface area (Å²) < 4.78 is 13.3. The molecule has 4 N–H and O–H groups in total. The van der Waals surface area contributed by atoms with Crippen LogP contribution in [0.15, 0.2) is 53.7 Å². The number of nitrogens with zero attached hydrogens (tertiary/aromatic N) is 1. The first-order valence-corrected chi connectivity index (χ1v) is 9.68. The highest BCUT2D eigenvalue weighted by Gasteiger charge is 2.06. The third kappa shape index (κ3) is 5.71. The number of hydrogen-bond donors (Lipinski definition) is 4. The molecule has 0 atom stereocenters. The van der Waals surface area contributed by atoms with Gasteiger partial charge in [-0.05, 0) is 54.4 Å². The molecule has 152 valence electrons. The second kappa shape index (κ2) is 9.93. The molecule has 0 fully saturated rings. The fourth-order valence-electron chi connectivity index (χ4n) is 2.96. The Balaban J connectivity index is 1.39. The van der Waals surface area contributed by atoms with Gasteiger partial charge in [-0.2, -0.15) is 0 Å². The van der Waals surface area contributed by atoms with Gasteiger partial charge in [-0.3, -0.25) is 9.79 Å². The fourth-order valence-corrected chi connectivity index (χ4v) is 3.09. The highest BCUT2D eigenvalue weighted by molar-refractivity contribution is 6.30. The topological polar surface area (TPSA) is 81.3 Å². The molecular formula is C21H23ClFN5O. The van der Waals surface area contributed by atoms with Crippen LogP contribution in [0.3, 0.4) is 0 Å². The molecule has 1 aromatic heterocycles. The summed E-state index contributed by atoms with van der Waals surface area (Å²) in [6.07, 6.45) is 2.66. The number of rotatable bonds is 7. The van der Waals surface area contributed by atoms with E-state index in [0.29, 0.717) is 36.2 Å². The molecule has 1 heterocycles. The number of fused-ring (bicyclic) bond motifs is 1. The smallest absolute Gasteiger partial charge is 0.251 e. The Hall–Kier alpha value is -3.06. The van der Waals surface area contributed by atoms with Crippen molar-refractivity contribution in [1.29, 1.82) is 0 Å². The van der Waals surface area contributed by atoms with Crippen molar-refractivity contribution in [2.45, 2.75) is 6.42 Å². The number of carbonyl (C=O) groups is 1. The number of halogens is 2. The minimum atomic E-state index is -0.253. The Morgan fingerprint density at radius 3 is 2.55 bits per heavy atom. The molecule has 3 rings (SSSR count). The SMILES string of the molecule is CN=C(NCCNC(=O)c1ccc(Cl)cc1)NCCc1c[nH]c2cc(F)ccc12. The molecule has 29 heavy (non-hydrogen) atoms. The van der Waals surface area contributed by atoms with Crippen LogP contribution >= 0.6 is 11.6 Å². The van der Waals surface area contributed by atoms with Gasteiger partial charge in [-0.25, -0.2) is 4.39 Å². The molecule has 1 amide bonds. The number of amides is 1. The monoisotopic (exact) mass is 415 g/mol. The first-order chi connectivity index (χ1) is 14.1. The Morgan fingerprint density at radius 2 is 1.79 bits per heavy atom. The van der Waals surface area contributed by atoms with Gasteiger partial charge in [0.1, 0.15) is 5.82 Å². The molecule has 0 aliphatic rings. The van der Waals surface area contributed by atoms with Crippen molar-refractivity contribution in [3.63, 3.8) is 0 Å². The van der Waals surface area contributed by atoms with Gasteiger partial charge >= 0.3 is 0 Å². The van der Waals surface area contributed by atoms with E-state index in [1.165, 1.54) is 12.1 Å². The molecule has 0 unspecified atom stereocenters. The maximum absolute atomic E-state index is 13.3. The Kier molecular flexibility index (Phi) is 7.08. The minimum absolute atomic E-state index is 0.151.